The van der Waals surface area contributed by atoms with Crippen molar-refractivity contribution in [1.82, 2.24) is 15.1 Å². The monoisotopic (exact) mass is 442 g/mol. The summed E-state index contributed by atoms with van der Waals surface area (Å²) >= 11 is 0. The second-order valence-electron chi connectivity index (χ2n) is 6.70. The molecule has 1 heterocycles. The van der Waals surface area contributed by atoms with Crippen LogP contribution in [0, 0.1) is 0 Å². The third kappa shape index (κ3) is 6.96. The summed E-state index contributed by atoms with van der Waals surface area (Å²) < 4.78 is 31.8. The van der Waals surface area contributed by atoms with Gasteiger partial charge in [-0.2, -0.15) is 5.10 Å². The molecule has 2 N–H and O–H groups in total. The molecule has 3 aromatic rings. The van der Waals surface area contributed by atoms with Crippen molar-refractivity contribution >= 4 is 21.6 Å². The number of hydrogen-bond acceptors (Lipinski definition) is 6. The third-order valence-electron chi connectivity index (χ3n) is 4.10. The Labute approximate surface area is 179 Å². The molecule has 0 aliphatic carbocycles. The molecule has 9 nitrogen and oxygen atoms in total. The number of carbonyl (C=O) groups is 1. The van der Waals surface area contributed by atoms with Crippen molar-refractivity contribution in [1.29, 1.82) is 0 Å². The molecule has 0 saturated heterocycles. The van der Waals surface area contributed by atoms with E-state index >= 15 is 0 Å². The molecule has 0 fully saturated rings. The van der Waals surface area contributed by atoms with Crippen molar-refractivity contribution in [3.8, 4) is 5.75 Å². The first-order chi connectivity index (χ1) is 14.8. The Balaban J connectivity index is 1.60. The molecule has 0 atom stereocenters. The van der Waals surface area contributed by atoms with Crippen LogP contribution in [0.2, 0.25) is 0 Å². The Hall–Kier alpha value is -3.66. The smallest absolute Gasteiger partial charge is 0.271 e. The number of aromatic nitrogens is 2. The SMILES string of the molecule is CS(=O)(=O)Nc1cccc(CNC(=O)c2ccc(=O)n(CCOc3ccccc3)n2)c1. The maximum absolute atomic E-state index is 12.5. The summed E-state index contributed by atoms with van der Waals surface area (Å²) in [6.45, 7) is 0.576. The van der Waals surface area contributed by atoms with E-state index in [0.29, 0.717) is 17.0 Å². The first-order valence-corrected chi connectivity index (χ1v) is 11.3. The van der Waals surface area contributed by atoms with Crippen LogP contribution in [0.1, 0.15) is 16.1 Å². The van der Waals surface area contributed by atoms with Gasteiger partial charge in [-0.25, -0.2) is 13.1 Å². The minimum Gasteiger partial charge on any atom is -0.492 e. The number of hydrogen-bond donors (Lipinski definition) is 2. The van der Waals surface area contributed by atoms with Gasteiger partial charge < -0.3 is 10.1 Å². The molecular weight excluding hydrogens is 420 g/mol. The number of amides is 1. The number of nitrogens with one attached hydrogen (secondary N) is 2. The molecule has 0 aliphatic rings. The van der Waals surface area contributed by atoms with E-state index in [-0.39, 0.29) is 30.9 Å². The lowest BCUT2D eigenvalue weighted by atomic mass is 10.2. The Morgan fingerprint density at radius 3 is 2.58 bits per heavy atom. The zero-order chi connectivity index (χ0) is 22.3. The lowest BCUT2D eigenvalue weighted by Crippen LogP contribution is -2.30. The van der Waals surface area contributed by atoms with E-state index < -0.39 is 15.9 Å². The number of benzene rings is 2. The molecule has 3 rings (SSSR count). The zero-order valence-electron chi connectivity index (χ0n) is 16.8. The number of rotatable bonds is 9. The second-order valence-corrected chi connectivity index (χ2v) is 8.45. The van der Waals surface area contributed by atoms with E-state index in [1.807, 2.05) is 18.2 Å². The highest BCUT2D eigenvalue weighted by molar-refractivity contribution is 7.92. The van der Waals surface area contributed by atoms with Gasteiger partial charge in [0.2, 0.25) is 10.0 Å². The van der Waals surface area contributed by atoms with Crippen LogP contribution in [0.4, 0.5) is 5.69 Å². The number of sulfonamides is 1. The molecule has 0 aliphatic heterocycles. The maximum atomic E-state index is 12.5. The van der Waals surface area contributed by atoms with Crippen molar-refractivity contribution in [2.24, 2.45) is 0 Å². The van der Waals surface area contributed by atoms with Crippen molar-refractivity contribution in [3.05, 3.63) is 88.3 Å². The van der Waals surface area contributed by atoms with Crippen LogP contribution >= 0.6 is 0 Å². The first-order valence-electron chi connectivity index (χ1n) is 9.41. The standard InChI is InChI=1S/C21H22N4O5S/c1-31(28,29)24-17-7-5-6-16(14-17)15-22-21(27)19-10-11-20(26)25(23-19)12-13-30-18-8-3-2-4-9-18/h2-11,14,24H,12-13,15H2,1H3,(H,22,27). The van der Waals surface area contributed by atoms with Gasteiger partial charge in [0.1, 0.15) is 18.1 Å². The molecule has 31 heavy (non-hydrogen) atoms. The molecule has 162 valence electrons. The van der Waals surface area contributed by atoms with Crippen LogP contribution in [0.15, 0.2) is 71.5 Å². The van der Waals surface area contributed by atoms with Crippen LogP contribution in [0.25, 0.3) is 0 Å². The van der Waals surface area contributed by atoms with E-state index in [1.54, 1.807) is 36.4 Å². The Morgan fingerprint density at radius 2 is 1.84 bits per heavy atom. The zero-order valence-corrected chi connectivity index (χ0v) is 17.6. The Morgan fingerprint density at radius 1 is 1.06 bits per heavy atom. The largest absolute Gasteiger partial charge is 0.492 e. The molecule has 1 amide bonds. The Bertz CT molecular complexity index is 1210. The van der Waals surface area contributed by atoms with Gasteiger partial charge >= 0.3 is 0 Å². The van der Waals surface area contributed by atoms with Crippen molar-refractivity contribution < 1.29 is 17.9 Å². The van der Waals surface area contributed by atoms with Gasteiger partial charge in [-0.3, -0.25) is 14.3 Å². The van der Waals surface area contributed by atoms with Gasteiger partial charge in [0.05, 0.1) is 12.8 Å². The summed E-state index contributed by atoms with van der Waals surface area (Å²) in [6.07, 6.45) is 1.06. The molecular formula is C21H22N4O5S. The molecule has 0 bridgehead atoms. The quantitative estimate of drug-likeness (QED) is 0.520. The highest BCUT2D eigenvalue weighted by Crippen LogP contribution is 2.12. The highest BCUT2D eigenvalue weighted by Gasteiger charge is 2.10. The van der Waals surface area contributed by atoms with E-state index in [9.17, 15) is 18.0 Å². The summed E-state index contributed by atoms with van der Waals surface area (Å²) in [4.78, 5) is 24.5. The van der Waals surface area contributed by atoms with Gasteiger partial charge in [0.25, 0.3) is 11.5 Å². The van der Waals surface area contributed by atoms with E-state index in [1.165, 1.54) is 16.8 Å². The second kappa shape index (κ2) is 9.90. The van der Waals surface area contributed by atoms with Crippen molar-refractivity contribution in [2.75, 3.05) is 17.6 Å². The predicted octanol–water partition coefficient (Wildman–Crippen LogP) is 1.62. The average molecular weight is 442 g/mol. The van der Waals surface area contributed by atoms with Crippen LogP contribution in [-0.4, -0.2) is 37.0 Å². The van der Waals surface area contributed by atoms with Crippen LogP contribution < -0.4 is 20.3 Å². The summed E-state index contributed by atoms with van der Waals surface area (Å²) in [5.41, 5.74) is 0.850. The maximum Gasteiger partial charge on any atom is 0.271 e. The lowest BCUT2D eigenvalue weighted by molar-refractivity contribution is 0.0943. The first kappa shape index (κ1) is 22.0. The molecule has 2 aromatic carbocycles. The lowest BCUT2D eigenvalue weighted by Gasteiger charge is -2.10. The Kier molecular flexibility index (Phi) is 7.03. The fraction of sp³-hybridized carbons (Fsp3) is 0.190. The molecule has 0 radical (unpaired) electrons. The number of para-hydroxylation sites is 1. The fourth-order valence-corrected chi connectivity index (χ4v) is 3.28. The molecule has 10 heteroatoms. The van der Waals surface area contributed by atoms with Crippen LogP contribution in [0.5, 0.6) is 5.75 Å². The van der Waals surface area contributed by atoms with Crippen LogP contribution in [-0.2, 0) is 23.1 Å². The fourth-order valence-electron chi connectivity index (χ4n) is 2.73. The molecule has 0 unspecified atom stereocenters. The van der Waals surface area contributed by atoms with E-state index in [0.717, 1.165) is 6.26 Å². The van der Waals surface area contributed by atoms with Crippen LogP contribution in [0.3, 0.4) is 0 Å². The van der Waals surface area contributed by atoms with E-state index in [2.05, 4.69) is 15.1 Å². The summed E-state index contributed by atoms with van der Waals surface area (Å²) in [5, 5.41) is 6.81. The average Bonchev–Trinajstić information content (AvgIpc) is 2.73. The molecule has 1 aromatic heterocycles. The summed E-state index contributed by atoms with van der Waals surface area (Å²) in [7, 11) is -3.39. The molecule has 0 saturated carbocycles. The van der Waals surface area contributed by atoms with Gasteiger partial charge in [0, 0.05) is 18.3 Å². The third-order valence-corrected chi connectivity index (χ3v) is 4.70. The van der Waals surface area contributed by atoms with Crippen molar-refractivity contribution in [3.63, 3.8) is 0 Å². The minimum absolute atomic E-state index is 0.0877. The van der Waals surface area contributed by atoms with Gasteiger partial charge in [-0.1, -0.05) is 30.3 Å². The van der Waals surface area contributed by atoms with Gasteiger partial charge in [-0.15, -0.1) is 0 Å². The topological polar surface area (TPSA) is 119 Å². The number of carbonyl (C=O) groups excluding carboxylic acids is 1. The van der Waals surface area contributed by atoms with E-state index in [4.69, 9.17) is 4.74 Å². The van der Waals surface area contributed by atoms with Crippen molar-refractivity contribution in [2.45, 2.75) is 13.1 Å². The number of nitrogens with zero attached hydrogens (tertiary/aromatic N) is 2. The van der Waals surface area contributed by atoms with Gasteiger partial charge in [-0.05, 0) is 35.9 Å². The summed E-state index contributed by atoms with van der Waals surface area (Å²) in [5.74, 6) is 0.219. The molecule has 0 spiro atoms. The normalized spacial score (nSPS) is 11.0. The highest BCUT2D eigenvalue weighted by atomic mass is 32.2. The summed E-state index contributed by atoms with van der Waals surface area (Å²) in [6, 6.07) is 18.5. The number of anilines is 1. The minimum atomic E-state index is -3.39. The van der Waals surface area contributed by atoms with Gasteiger partial charge in [0.15, 0.2) is 0 Å². The predicted molar refractivity (Wildman–Crippen MR) is 117 cm³/mol. The number of ether oxygens (including phenoxy) is 1.